The standard InChI is InChI=1S/C39H69O8P/c1-3-5-7-9-11-13-15-17-19-21-23-25-27-29-31-33-38(40)45-35-37(36-46-48(42,43)44)47-39(41)34-32-30-28-26-24-22-20-18-16-14-12-10-8-6-4-2/h10-13,17,19,23,25,37H,3-9,14-16,18,20-22,24,26-36H2,1-2H3,(H2,42,43,44)/b12-10+,13-11+,19-17+,25-23+/t37-/m1/s1. The fraction of sp³-hybridized carbons (Fsp3) is 0.744. The summed E-state index contributed by atoms with van der Waals surface area (Å²) in [6.07, 6.45) is 41.1. The van der Waals surface area contributed by atoms with Crippen molar-refractivity contribution in [2.45, 2.75) is 174 Å². The van der Waals surface area contributed by atoms with Crippen LogP contribution in [0.5, 0.6) is 0 Å². The Balaban J connectivity index is 4.04. The molecule has 8 nitrogen and oxygen atoms in total. The van der Waals surface area contributed by atoms with Gasteiger partial charge in [0.2, 0.25) is 0 Å². The maximum absolute atomic E-state index is 12.4. The molecule has 1 atom stereocenters. The van der Waals surface area contributed by atoms with Crippen LogP contribution in [0.15, 0.2) is 48.6 Å². The molecule has 0 spiro atoms. The van der Waals surface area contributed by atoms with Gasteiger partial charge in [-0.1, -0.05) is 133 Å². The van der Waals surface area contributed by atoms with Crippen molar-refractivity contribution < 1.29 is 37.9 Å². The molecule has 2 N–H and O–H groups in total. The number of carbonyl (C=O) groups is 2. The summed E-state index contributed by atoms with van der Waals surface area (Å²) in [5.41, 5.74) is 0. The molecule has 0 aliphatic heterocycles. The zero-order valence-electron chi connectivity index (χ0n) is 30.4. The van der Waals surface area contributed by atoms with E-state index >= 15 is 0 Å². The first-order valence-electron chi connectivity index (χ1n) is 18.9. The molecule has 0 unspecified atom stereocenters. The Morgan fingerprint density at radius 3 is 1.52 bits per heavy atom. The van der Waals surface area contributed by atoms with Gasteiger partial charge in [-0.2, -0.15) is 0 Å². The second-order valence-corrected chi connectivity index (χ2v) is 13.8. The average molecular weight is 697 g/mol. The molecule has 0 heterocycles. The van der Waals surface area contributed by atoms with Gasteiger partial charge < -0.3 is 19.3 Å². The van der Waals surface area contributed by atoms with Crippen molar-refractivity contribution in [3.63, 3.8) is 0 Å². The maximum atomic E-state index is 12.4. The summed E-state index contributed by atoms with van der Waals surface area (Å²) in [7, 11) is -4.76. The van der Waals surface area contributed by atoms with Gasteiger partial charge in [0.05, 0.1) is 6.61 Å². The van der Waals surface area contributed by atoms with Crippen molar-refractivity contribution in [2.24, 2.45) is 0 Å². The lowest BCUT2D eigenvalue weighted by Gasteiger charge is -2.18. The van der Waals surface area contributed by atoms with Crippen LogP contribution in [-0.4, -0.2) is 41.0 Å². The Morgan fingerprint density at radius 2 is 0.958 bits per heavy atom. The normalized spacial score (nSPS) is 13.0. The topological polar surface area (TPSA) is 119 Å². The minimum absolute atomic E-state index is 0.200. The minimum Gasteiger partial charge on any atom is -0.462 e. The van der Waals surface area contributed by atoms with E-state index in [4.69, 9.17) is 19.3 Å². The zero-order chi connectivity index (χ0) is 35.4. The quantitative estimate of drug-likeness (QED) is 0.0295. The number of rotatable bonds is 34. The predicted molar refractivity (Wildman–Crippen MR) is 198 cm³/mol. The SMILES string of the molecule is CCCC/C=C/CCCCCCCCCCCC(=O)O[C@H](COC(=O)CCCC/C=C/C/C=C/C/C=C/CCCCC)COP(=O)(O)O. The van der Waals surface area contributed by atoms with E-state index in [1.807, 2.05) is 0 Å². The van der Waals surface area contributed by atoms with Crippen molar-refractivity contribution in [1.29, 1.82) is 0 Å². The molecule has 9 heteroatoms. The van der Waals surface area contributed by atoms with Crippen LogP contribution in [0.1, 0.15) is 168 Å². The highest BCUT2D eigenvalue weighted by molar-refractivity contribution is 7.46. The molecule has 0 saturated carbocycles. The van der Waals surface area contributed by atoms with Gasteiger partial charge in [0.25, 0.3) is 0 Å². The van der Waals surface area contributed by atoms with Crippen LogP contribution < -0.4 is 0 Å². The summed E-state index contributed by atoms with van der Waals surface area (Å²) in [5.74, 6) is -0.934. The first kappa shape index (κ1) is 46.0. The van der Waals surface area contributed by atoms with E-state index in [0.717, 1.165) is 51.4 Å². The highest BCUT2D eigenvalue weighted by atomic mass is 31.2. The fourth-order valence-electron chi connectivity index (χ4n) is 4.95. The number of allylic oxidation sites excluding steroid dienone is 8. The summed E-state index contributed by atoms with van der Waals surface area (Å²) in [5, 5.41) is 0. The van der Waals surface area contributed by atoms with Crippen LogP contribution in [0.4, 0.5) is 0 Å². The first-order valence-corrected chi connectivity index (χ1v) is 20.5. The third-order valence-electron chi connectivity index (χ3n) is 7.82. The van der Waals surface area contributed by atoms with Gasteiger partial charge in [0.15, 0.2) is 6.10 Å². The number of phosphoric ester groups is 1. The van der Waals surface area contributed by atoms with E-state index in [9.17, 15) is 14.2 Å². The number of carbonyl (C=O) groups excluding carboxylic acids is 2. The number of hydrogen-bond acceptors (Lipinski definition) is 6. The number of phosphoric acid groups is 1. The molecule has 0 aromatic heterocycles. The minimum atomic E-state index is -4.76. The molecule has 0 aliphatic rings. The summed E-state index contributed by atoms with van der Waals surface area (Å²) in [6, 6.07) is 0. The second-order valence-electron chi connectivity index (χ2n) is 12.5. The molecule has 0 aromatic rings. The lowest BCUT2D eigenvalue weighted by atomic mass is 10.1. The third kappa shape index (κ3) is 36.8. The molecule has 0 aliphatic carbocycles. The third-order valence-corrected chi connectivity index (χ3v) is 8.31. The van der Waals surface area contributed by atoms with E-state index < -0.39 is 32.5 Å². The zero-order valence-corrected chi connectivity index (χ0v) is 31.3. The Morgan fingerprint density at radius 1 is 0.542 bits per heavy atom. The van der Waals surface area contributed by atoms with Crippen molar-refractivity contribution >= 4 is 19.8 Å². The molecule has 0 saturated heterocycles. The van der Waals surface area contributed by atoms with Gasteiger partial charge in [0.1, 0.15) is 6.61 Å². The Hall–Kier alpha value is -1.99. The lowest BCUT2D eigenvalue weighted by Crippen LogP contribution is -2.29. The summed E-state index contributed by atoms with van der Waals surface area (Å²) >= 11 is 0. The summed E-state index contributed by atoms with van der Waals surface area (Å²) in [4.78, 5) is 42.7. The van der Waals surface area contributed by atoms with E-state index in [0.29, 0.717) is 12.8 Å². The van der Waals surface area contributed by atoms with Gasteiger partial charge in [-0.25, -0.2) is 4.57 Å². The van der Waals surface area contributed by atoms with Crippen LogP contribution in [0, 0.1) is 0 Å². The largest absolute Gasteiger partial charge is 0.469 e. The van der Waals surface area contributed by atoms with Crippen LogP contribution in [0.25, 0.3) is 0 Å². The molecule has 0 rings (SSSR count). The highest BCUT2D eigenvalue weighted by Crippen LogP contribution is 2.36. The summed E-state index contributed by atoms with van der Waals surface area (Å²) < 4.78 is 26.3. The van der Waals surface area contributed by atoms with Crippen LogP contribution >= 0.6 is 7.82 Å². The van der Waals surface area contributed by atoms with Crippen molar-refractivity contribution in [3.05, 3.63) is 48.6 Å². The maximum Gasteiger partial charge on any atom is 0.469 e. The Kier molecular flexibility index (Phi) is 33.4. The Labute approximate surface area is 293 Å². The smallest absolute Gasteiger partial charge is 0.462 e. The molecule has 0 bridgehead atoms. The molecule has 0 radical (unpaired) electrons. The first-order chi connectivity index (χ1) is 23.3. The van der Waals surface area contributed by atoms with Gasteiger partial charge in [0, 0.05) is 12.8 Å². The summed E-state index contributed by atoms with van der Waals surface area (Å²) in [6.45, 7) is 3.58. The van der Waals surface area contributed by atoms with Crippen molar-refractivity contribution in [1.82, 2.24) is 0 Å². The molecular formula is C39H69O8P. The molecular weight excluding hydrogens is 627 g/mol. The number of unbranched alkanes of at least 4 members (excludes halogenated alkanes) is 16. The molecule has 0 fully saturated rings. The van der Waals surface area contributed by atoms with Gasteiger partial charge in [-0.05, 0) is 70.6 Å². The lowest BCUT2D eigenvalue weighted by molar-refractivity contribution is -0.161. The van der Waals surface area contributed by atoms with Crippen molar-refractivity contribution in [2.75, 3.05) is 13.2 Å². The molecule has 48 heavy (non-hydrogen) atoms. The van der Waals surface area contributed by atoms with Crippen LogP contribution in [0.2, 0.25) is 0 Å². The predicted octanol–water partition coefficient (Wildman–Crippen LogP) is 11.2. The fourth-order valence-corrected chi connectivity index (χ4v) is 5.31. The van der Waals surface area contributed by atoms with E-state index in [1.165, 1.54) is 77.0 Å². The number of esters is 2. The highest BCUT2D eigenvalue weighted by Gasteiger charge is 2.22. The van der Waals surface area contributed by atoms with E-state index in [2.05, 4.69) is 67.0 Å². The van der Waals surface area contributed by atoms with E-state index in [-0.39, 0.29) is 19.4 Å². The number of hydrogen-bond donors (Lipinski definition) is 2. The average Bonchev–Trinajstić information content (AvgIpc) is 3.05. The molecule has 0 aromatic carbocycles. The Bertz CT molecular complexity index is 921. The second kappa shape index (κ2) is 34.9. The molecule has 0 amide bonds. The van der Waals surface area contributed by atoms with Crippen LogP contribution in [0.3, 0.4) is 0 Å². The monoisotopic (exact) mass is 696 g/mol. The number of ether oxygens (including phenoxy) is 2. The van der Waals surface area contributed by atoms with Crippen LogP contribution in [-0.2, 0) is 28.2 Å². The van der Waals surface area contributed by atoms with E-state index in [1.54, 1.807) is 0 Å². The van der Waals surface area contributed by atoms with Gasteiger partial charge in [-0.3, -0.25) is 14.1 Å². The van der Waals surface area contributed by atoms with Gasteiger partial charge in [-0.15, -0.1) is 0 Å². The van der Waals surface area contributed by atoms with Gasteiger partial charge >= 0.3 is 19.8 Å². The van der Waals surface area contributed by atoms with Crippen molar-refractivity contribution in [3.8, 4) is 0 Å². The molecule has 278 valence electrons.